The first-order chi connectivity index (χ1) is 19.0. The summed E-state index contributed by atoms with van der Waals surface area (Å²) in [6.07, 6.45) is -3.91. The number of carbonyl (C=O) groups excluding carboxylic acids is 1. The Hall–Kier alpha value is -3.60. The highest BCUT2D eigenvalue weighted by Gasteiger charge is 2.38. The molecule has 1 aliphatic rings. The summed E-state index contributed by atoms with van der Waals surface area (Å²) in [4.78, 5) is 26.4. The van der Waals surface area contributed by atoms with Crippen molar-refractivity contribution in [1.29, 1.82) is 0 Å². The molecule has 0 unspecified atom stereocenters. The van der Waals surface area contributed by atoms with E-state index in [0.717, 1.165) is 55.3 Å². The average molecular weight is 578 g/mol. The fourth-order valence-electron chi connectivity index (χ4n) is 4.16. The Morgan fingerprint density at radius 1 is 0.975 bits per heavy atom. The summed E-state index contributed by atoms with van der Waals surface area (Å²) in [5.74, 6) is -2.01. The number of carboxylic acids is 1. The van der Waals surface area contributed by atoms with Gasteiger partial charge < -0.3 is 20.1 Å². The average Bonchev–Trinajstić information content (AvgIpc) is 3.12. The van der Waals surface area contributed by atoms with E-state index in [4.69, 9.17) is 26.2 Å². The summed E-state index contributed by atoms with van der Waals surface area (Å²) >= 11 is 5.93. The molecule has 40 heavy (non-hydrogen) atoms. The Morgan fingerprint density at radius 3 is 2.30 bits per heavy atom. The maximum Gasteiger partial charge on any atom is 0.490 e. The Kier molecular flexibility index (Phi) is 10.9. The van der Waals surface area contributed by atoms with Gasteiger partial charge in [0, 0.05) is 41.5 Å². The van der Waals surface area contributed by atoms with Crippen LogP contribution in [0.25, 0.3) is 11.1 Å². The molecule has 3 aromatic rings. The van der Waals surface area contributed by atoms with Gasteiger partial charge in [-0.3, -0.25) is 9.69 Å². The van der Waals surface area contributed by atoms with Gasteiger partial charge >= 0.3 is 12.1 Å². The smallest absolute Gasteiger partial charge is 0.490 e. The van der Waals surface area contributed by atoms with Crippen molar-refractivity contribution in [3.05, 3.63) is 82.9 Å². The number of hydrogen-bond acceptors (Lipinski definition) is 5. The number of benzene rings is 3. The Bertz CT molecular complexity index is 1300. The SMILES string of the molecule is COc1ccc(-c2cccc(NC(=O)c3ccc(Cl)cc3)c2)cc1CN1CCCN(C)CC1.O=C(O)C(F)(F)F. The van der Waals surface area contributed by atoms with Crippen LogP contribution in [0.15, 0.2) is 66.7 Å². The molecular formula is C29H31ClF3N3O4. The summed E-state index contributed by atoms with van der Waals surface area (Å²) in [6.45, 7) is 5.22. The van der Waals surface area contributed by atoms with E-state index >= 15 is 0 Å². The van der Waals surface area contributed by atoms with Crippen LogP contribution in [-0.2, 0) is 11.3 Å². The molecule has 1 fully saturated rings. The number of methoxy groups -OCH3 is 1. The van der Waals surface area contributed by atoms with Crippen molar-refractivity contribution in [3.8, 4) is 16.9 Å². The quantitative estimate of drug-likeness (QED) is 0.372. The monoisotopic (exact) mass is 577 g/mol. The highest BCUT2D eigenvalue weighted by Crippen LogP contribution is 2.29. The van der Waals surface area contributed by atoms with Crippen molar-refractivity contribution < 1.29 is 32.6 Å². The van der Waals surface area contributed by atoms with Crippen molar-refractivity contribution in [3.63, 3.8) is 0 Å². The number of amides is 1. The van der Waals surface area contributed by atoms with Gasteiger partial charge in [-0.1, -0.05) is 29.8 Å². The molecule has 1 heterocycles. The van der Waals surface area contributed by atoms with Gasteiger partial charge in [-0.2, -0.15) is 13.2 Å². The highest BCUT2D eigenvalue weighted by atomic mass is 35.5. The Labute approximate surface area is 236 Å². The normalized spacial score (nSPS) is 14.4. The van der Waals surface area contributed by atoms with Crippen molar-refractivity contribution in [1.82, 2.24) is 9.80 Å². The molecule has 4 rings (SSSR count). The van der Waals surface area contributed by atoms with Crippen LogP contribution in [0.3, 0.4) is 0 Å². The van der Waals surface area contributed by atoms with Crippen LogP contribution in [-0.4, -0.2) is 73.3 Å². The van der Waals surface area contributed by atoms with E-state index in [1.165, 1.54) is 12.0 Å². The topological polar surface area (TPSA) is 82.1 Å². The summed E-state index contributed by atoms with van der Waals surface area (Å²) in [6, 6.07) is 21.1. The number of hydrogen-bond donors (Lipinski definition) is 2. The minimum atomic E-state index is -5.08. The number of carbonyl (C=O) groups is 2. The van der Waals surface area contributed by atoms with E-state index in [0.29, 0.717) is 10.6 Å². The van der Waals surface area contributed by atoms with Crippen molar-refractivity contribution in [2.24, 2.45) is 0 Å². The zero-order valence-corrected chi connectivity index (χ0v) is 22.9. The summed E-state index contributed by atoms with van der Waals surface area (Å²) in [7, 11) is 3.91. The molecule has 1 aliphatic heterocycles. The number of halogens is 4. The van der Waals surface area contributed by atoms with Gasteiger partial charge in [-0.25, -0.2) is 4.79 Å². The number of nitrogens with zero attached hydrogens (tertiary/aromatic N) is 2. The van der Waals surface area contributed by atoms with Gasteiger partial charge in [-0.15, -0.1) is 0 Å². The number of likely N-dealkylation sites (N-methyl/N-ethyl adjacent to an activating group) is 1. The summed E-state index contributed by atoms with van der Waals surface area (Å²) in [5.41, 5.74) is 4.64. The van der Waals surface area contributed by atoms with Crippen LogP contribution < -0.4 is 10.1 Å². The fraction of sp³-hybridized carbons (Fsp3) is 0.310. The molecule has 11 heteroatoms. The van der Waals surface area contributed by atoms with Gasteiger partial charge in [0.2, 0.25) is 0 Å². The molecule has 7 nitrogen and oxygen atoms in total. The van der Waals surface area contributed by atoms with Crippen LogP contribution in [0, 0.1) is 0 Å². The zero-order chi connectivity index (χ0) is 29.3. The lowest BCUT2D eigenvalue weighted by Gasteiger charge is -2.22. The van der Waals surface area contributed by atoms with E-state index in [1.54, 1.807) is 31.4 Å². The van der Waals surface area contributed by atoms with Gasteiger partial charge in [-0.05, 0) is 86.2 Å². The van der Waals surface area contributed by atoms with E-state index in [-0.39, 0.29) is 5.91 Å². The molecule has 2 N–H and O–H groups in total. The van der Waals surface area contributed by atoms with Gasteiger partial charge in [0.15, 0.2) is 0 Å². The van der Waals surface area contributed by atoms with E-state index < -0.39 is 12.1 Å². The van der Waals surface area contributed by atoms with Crippen LogP contribution in [0.1, 0.15) is 22.3 Å². The van der Waals surface area contributed by atoms with Gasteiger partial charge in [0.05, 0.1) is 7.11 Å². The largest absolute Gasteiger partial charge is 0.496 e. The maximum absolute atomic E-state index is 12.6. The zero-order valence-electron chi connectivity index (χ0n) is 22.2. The highest BCUT2D eigenvalue weighted by molar-refractivity contribution is 6.30. The lowest BCUT2D eigenvalue weighted by Crippen LogP contribution is -2.28. The molecular weight excluding hydrogens is 547 g/mol. The summed E-state index contributed by atoms with van der Waals surface area (Å²) < 4.78 is 37.4. The minimum Gasteiger partial charge on any atom is -0.496 e. The van der Waals surface area contributed by atoms with Crippen LogP contribution >= 0.6 is 11.6 Å². The number of carboxylic acid groups (broad SMARTS) is 1. The van der Waals surface area contributed by atoms with Gasteiger partial charge in [0.1, 0.15) is 5.75 Å². The summed E-state index contributed by atoms with van der Waals surface area (Å²) in [5, 5.41) is 10.7. The maximum atomic E-state index is 12.6. The van der Waals surface area contributed by atoms with Gasteiger partial charge in [0.25, 0.3) is 5.91 Å². The van der Waals surface area contributed by atoms with E-state index in [2.05, 4.69) is 40.4 Å². The lowest BCUT2D eigenvalue weighted by molar-refractivity contribution is -0.192. The third kappa shape index (κ3) is 9.25. The Balaban J connectivity index is 0.000000559. The number of aliphatic carboxylic acids is 1. The first-order valence-electron chi connectivity index (χ1n) is 12.5. The molecule has 0 spiro atoms. The molecule has 0 atom stereocenters. The Morgan fingerprint density at radius 2 is 1.65 bits per heavy atom. The van der Waals surface area contributed by atoms with Crippen molar-refractivity contribution in [2.75, 3.05) is 45.7 Å². The fourth-order valence-corrected chi connectivity index (χ4v) is 4.29. The third-order valence-corrected chi connectivity index (χ3v) is 6.54. The molecule has 0 saturated carbocycles. The second-order valence-corrected chi connectivity index (χ2v) is 9.74. The molecule has 0 bridgehead atoms. The van der Waals surface area contributed by atoms with Crippen molar-refractivity contribution in [2.45, 2.75) is 19.1 Å². The van der Waals surface area contributed by atoms with E-state index in [1.807, 2.05) is 24.3 Å². The standard InChI is InChI=1S/C27H30ClN3O2.C2HF3O2/c1-30-13-4-14-31(16-15-30)19-23-17-22(9-12-26(23)33-2)21-5-3-6-25(18-21)29-27(32)20-7-10-24(28)11-8-20;3-2(4,5)1(6)7/h3,5-12,17-18H,4,13-16,19H2,1-2H3,(H,29,32);(H,6,7). The molecule has 214 valence electrons. The third-order valence-electron chi connectivity index (χ3n) is 6.29. The number of alkyl halides is 3. The van der Waals surface area contributed by atoms with Crippen LogP contribution in [0.2, 0.25) is 5.02 Å². The van der Waals surface area contributed by atoms with E-state index in [9.17, 15) is 18.0 Å². The number of nitrogens with one attached hydrogen (secondary N) is 1. The molecule has 1 amide bonds. The van der Waals surface area contributed by atoms with Crippen LogP contribution in [0.4, 0.5) is 18.9 Å². The first-order valence-corrected chi connectivity index (χ1v) is 12.9. The van der Waals surface area contributed by atoms with Crippen molar-refractivity contribution >= 4 is 29.2 Å². The molecule has 3 aromatic carbocycles. The van der Waals surface area contributed by atoms with Crippen LogP contribution in [0.5, 0.6) is 5.75 Å². The predicted octanol–water partition coefficient (Wildman–Crippen LogP) is 6.04. The minimum absolute atomic E-state index is 0.162. The first kappa shape index (κ1) is 30.9. The number of rotatable bonds is 6. The molecule has 0 aromatic heterocycles. The number of ether oxygens (including phenoxy) is 1. The second-order valence-electron chi connectivity index (χ2n) is 9.30. The second kappa shape index (κ2) is 14.2. The molecule has 0 radical (unpaired) electrons. The molecule has 1 saturated heterocycles. The lowest BCUT2D eigenvalue weighted by atomic mass is 10.0. The molecule has 0 aliphatic carbocycles. The predicted molar refractivity (Wildman–Crippen MR) is 149 cm³/mol. The number of anilines is 1.